The first-order valence-electron chi connectivity index (χ1n) is 6.65. The van der Waals surface area contributed by atoms with Crippen molar-refractivity contribution in [2.75, 3.05) is 6.61 Å². The van der Waals surface area contributed by atoms with Gasteiger partial charge in [0.1, 0.15) is 5.75 Å². The van der Waals surface area contributed by atoms with Crippen molar-refractivity contribution in [1.82, 2.24) is 0 Å². The molecule has 0 saturated carbocycles. The monoisotopic (exact) mass is 357 g/mol. The summed E-state index contributed by atoms with van der Waals surface area (Å²) in [5.41, 5.74) is 5.23. The molecule has 7 heteroatoms. The zero-order valence-electron chi connectivity index (χ0n) is 12.2. The second-order valence-electron chi connectivity index (χ2n) is 5.47. The van der Waals surface area contributed by atoms with Crippen molar-refractivity contribution in [2.24, 2.45) is 11.1 Å². The van der Waals surface area contributed by atoms with Gasteiger partial charge in [-0.15, -0.1) is 0 Å². The number of halogens is 1. The summed E-state index contributed by atoms with van der Waals surface area (Å²) in [7, 11) is 0. The summed E-state index contributed by atoms with van der Waals surface area (Å²) in [5.74, 6) is 0.653. The number of rotatable bonds is 8. The van der Waals surface area contributed by atoms with Crippen molar-refractivity contribution >= 4 is 27.5 Å². The zero-order chi connectivity index (χ0) is 16.0. The minimum absolute atomic E-state index is 0.00548. The molecule has 116 valence electrons. The number of benzene rings is 1. The number of nitro benzene ring substituents is 1. The van der Waals surface area contributed by atoms with Crippen LogP contribution in [0.5, 0.6) is 5.75 Å². The molecule has 21 heavy (non-hydrogen) atoms. The van der Waals surface area contributed by atoms with Crippen molar-refractivity contribution in [2.45, 2.75) is 33.1 Å². The molecule has 0 aliphatic rings. The van der Waals surface area contributed by atoms with E-state index in [0.717, 1.165) is 19.3 Å². The molecule has 0 heterocycles. The summed E-state index contributed by atoms with van der Waals surface area (Å²) in [5, 5.41) is 18.2. The van der Waals surface area contributed by atoms with Crippen LogP contribution in [0.3, 0.4) is 0 Å². The normalized spacial score (nSPS) is 11.2. The highest BCUT2D eigenvalue weighted by Crippen LogP contribution is 2.29. The largest absolute Gasteiger partial charge is 0.492 e. The van der Waals surface area contributed by atoms with Crippen LogP contribution in [0, 0.1) is 20.9 Å². The third-order valence-electron chi connectivity index (χ3n) is 3.31. The molecule has 0 aliphatic carbocycles. The highest BCUT2D eigenvalue weighted by molar-refractivity contribution is 9.10. The average Bonchev–Trinajstić information content (AvgIpc) is 2.39. The van der Waals surface area contributed by atoms with E-state index in [1.165, 1.54) is 12.1 Å². The third kappa shape index (κ3) is 5.34. The molecule has 0 saturated heterocycles. The Balaban J connectivity index is 2.45. The Hall–Kier alpha value is -1.63. The number of hydrogen-bond donors (Lipinski definition) is 2. The molecule has 0 aliphatic heterocycles. The lowest BCUT2D eigenvalue weighted by Gasteiger charge is -2.22. The van der Waals surface area contributed by atoms with Crippen LogP contribution < -0.4 is 10.5 Å². The quantitative estimate of drug-likeness (QED) is 0.242. The minimum Gasteiger partial charge on any atom is -0.492 e. The van der Waals surface area contributed by atoms with Crippen molar-refractivity contribution in [3.63, 3.8) is 0 Å². The van der Waals surface area contributed by atoms with Gasteiger partial charge in [0.2, 0.25) is 0 Å². The Morgan fingerprint density at radius 3 is 2.71 bits per heavy atom. The Kier molecular flexibility index (Phi) is 6.14. The number of unbranched alkanes of at least 4 members (excludes halogenated alkanes) is 1. The summed E-state index contributed by atoms with van der Waals surface area (Å²) in [6.45, 7) is 4.34. The Morgan fingerprint density at radius 2 is 2.14 bits per heavy atom. The fourth-order valence-electron chi connectivity index (χ4n) is 1.70. The number of nitrogens with two attached hydrogens (primary N) is 1. The van der Waals surface area contributed by atoms with Gasteiger partial charge >= 0.3 is 0 Å². The molecule has 1 rings (SSSR count). The molecule has 1 aromatic carbocycles. The Bertz CT molecular complexity index is 532. The first-order chi connectivity index (χ1) is 9.74. The molecule has 0 fully saturated rings. The summed E-state index contributed by atoms with van der Waals surface area (Å²) in [6.07, 6.45) is 2.48. The smallest absolute Gasteiger partial charge is 0.273 e. The predicted octanol–water partition coefficient (Wildman–Crippen LogP) is 3.87. The minimum atomic E-state index is -0.450. The second-order valence-corrected chi connectivity index (χ2v) is 6.33. The standard InChI is InChI=1S/C14H20BrN3O3/c1-14(2,13(16)17)7-3-4-8-21-12-9-10(18(19)20)5-6-11(12)15/h5-6,9H,3-4,7-8H2,1-2H3,(H3,16,17). The van der Waals surface area contributed by atoms with Crippen molar-refractivity contribution in [3.05, 3.63) is 32.8 Å². The van der Waals surface area contributed by atoms with Crippen LogP contribution in [-0.2, 0) is 0 Å². The number of nitrogens with zero attached hydrogens (tertiary/aromatic N) is 1. The number of nitrogens with one attached hydrogen (secondary N) is 1. The van der Waals surface area contributed by atoms with E-state index in [0.29, 0.717) is 16.8 Å². The molecule has 6 nitrogen and oxygen atoms in total. The number of hydrogen-bond acceptors (Lipinski definition) is 4. The van der Waals surface area contributed by atoms with Gasteiger partial charge in [0, 0.05) is 11.5 Å². The zero-order valence-corrected chi connectivity index (χ0v) is 13.8. The molecule has 0 aromatic heterocycles. The topological polar surface area (TPSA) is 102 Å². The SMILES string of the molecule is CC(C)(CCCCOc1cc([N+](=O)[O-])ccc1Br)C(=N)N. The van der Waals surface area contributed by atoms with E-state index in [1.807, 2.05) is 13.8 Å². The summed E-state index contributed by atoms with van der Waals surface area (Å²) < 4.78 is 6.26. The molecule has 0 atom stereocenters. The van der Waals surface area contributed by atoms with E-state index >= 15 is 0 Å². The lowest BCUT2D eigenvalue weighted by Crippen LogP contribution is -2.30. The maximum absolute atomic E-state index is 10.7. The van der Waals surface area contributed by atoms with Gasteiger partial charge in [-0.1, -0.05) is 13.8 Å². The highest BCUT2D eigenvalue weighted by atomic mass is 79.9. The number of amidine groups is 1. The van der Waals surface area contributed by atoms with Gasteiger partial charge in [-0.3, -0.25) is 15.5 Å². The maximum atomic E-state index is 10.7. The summed E-state index contributed by atoms with van der Waals surface area (Å²) >= 11 is 3.31. The Morgan fingerprint density at radius 1 is 1.48 bits per heavy atom. The fourth-order valence-corrected chi connectivity index (χ4v) is 2.06. The molecule has 0 unspecified atom stereocenters. The average molecular weight is 358 g/mol. The van der Waals surface area contributed by atoms with E-state index < -0.39 is 4.92 Å². The van der Waals surface area contributed by atoms with Gasteiger partial charge in [0.05, 0.1) is 27.9 Å². The van der Waals surface area contributed by atoms with Gasteiger partial charge in [0.25, 0.3) is 5.69 Å². The van der Waals surface area contributed by atoms with E-state index in [4.69, 9.17) is 15.9 Å². The maximum Gasteiger partial charge on any atom is 0.273 e. The number of ether oxygens (including phenoxy) is 1. The molecule has 0 spiro atoms. The van der Waals surface area contributed by atoms with Crippen molar-refractivity contribution in [3.8, 4) is 5.75 Å². The van der Waals surface area contributed by atoms with E-state index in [2.05, 4.69) is 15.9 Å². The molecular weight excluding hydrogens is 338 g/mol. The summed E-state index contributed by atoms with van der Waals surface area (Å²) in [4.78, 5) is 10.3. The van der Waals surface area contributed by atoms with E-state index in [-0.39, 0.29) is 16.9 Å². The van der Waals surface area contributed by atoms with Gasteiger partial charge in [-0.05, 0) is 41.3 Å². The van der Waals surface area contributed by atoms with E-state index in [9.17, 15) is 10.1 Å². The number of nitro groups is 1. The van der Waals surface area contributed by atoms with E-state index in [1.54, 1.807) is 6.07 Å². The first-order valence-corrected chi connectivity index (χ1v) is 7.44. The van der Waals surface area contributed by atoms with Gasteiger partial charge in [-0.25, -0.2) is 0 Å². The highest BCUT2D eigenvalue weighted by Gasteiger charge is 2.20. The third-order valence-corrected chi connectivity index (χ3v) is 3.96. The van der Waals surface area contributed by atoms with Crippen LogP contribution in [0.4, 0.5) is 5.69 Å². The first kappa shape index (κ1) is 17.4. The van der Waals surface area contributed by atoms with Crippen molar-refractivity contribution in [1.29, 1.82) is 5.41 Å². The van der Waals surface area contributed by atoms with Gasteiger partial charge in [0.15, 0.2) is 0 Å². The van der Waals surface area contributed by atoms with Gasteiger partial charge in [-0.2, -0.15) is 0 Å². The molecule has 0 radical (unpaired) electrons. The van der Waals surface area contributed by atoms with Crippen LogP contribution in [0.25, 0.3) is 0 Å². The van der Waals surface area contributed by atoms with Crippen LogP contribution in [0.1, 0.15) is 33.1 Å². The molecule has 0 amide bonds. The van der Waals surface area contributed by atoms with Crippen LogP contribution >= 0.6 is 15.9 Å². The van der Waals surface area contributed by atoms with Crippen LogP contribution in [-0.4, -0.2) is 17.4 Å². The Labute approximate surface area is 132 Å². The molecule has 3 N–H and O–H groups in total. The molecule has 0 bridgehead atoms. The second kappa shape index (κ2) is 7.40. The van der Waals surface area contributed by atoms with Gasteiger partial charge < -0.3 is 10.5 Å². The fraction of sp³-hybridized carbons (Fsp3) is 0.500. The predicted molar refractivity (Wildman–Crippen MR) is 85.8 cm³/mol. The lowest BCUT2D eigenvalue weighted by molar-refractivity contribution is -0.385. The van der Waals surface area contributed by atoms with Crippen LogP contribution in [0.15, 0.2) is 22.7 Å². The molecular formula is C14H20BrN3O3. The number of non-ortho nitro benzene ring substituents is 1. The lowest BCUT2D eigenvalue weighted by atomic mass is 9.86. The molecule has 1 aromatic rings. The summed E-state index contributed by atoms with van der Waals surface area (Å²) in [6, 6.07) is 4.43. The van der Waals surface area contributed by atoms with Crippen molar-refractivity contribution < 1.29 is 9.66 Å². The van der Waals surface area contributed by atoms with Crippen LogP contribution in [0.2, 0.25) is 0 Å².